The number of halogens is 1. The summed E-state index contributed by atoms with van der Waals surface area (Å²) in [7, 11) is -1.31. The average molecular weight is 355 g/mol. The third-order valence-corrected chi connectivity index (χ3v) is 5.12. The van der Waals surface area contributed by atoms with Crippen LogP contribution in [0.2, 0.25) is 5.02 Å². The van der Waals surface area contributed by atoms with Crippen LogP contribution >= 0.6 is 11.6 Å². The normalized spacial score (nSPS) is 11.5. The van der Waals surface area contributed by atoms with E-state index >= 15 is 0 Å². The lowest BCUT2D eigenvalue weighted by Gasteiger charge is -2.14. The van der Waals surface area contributed by atoms with Crippen molar-refractivity contribution in [2.45, 2.75) is 4.90 Å². The smallest absolute Gasteiger partial charge is 0.264 e. The molecule has 0 heterocycles. The molecule has 0 bridgehead atoms. The van der Waals surface area contributed by atoms with Crippen molar-refractivity contribution in [1.29, 1.82) is 0 Å². The summed E-state index contributed by atoms with van der Waals surface area (Å²) < 4.78 is 25.1. The van der Waals surface area contributed by atoms with E-state index in [1.807, 2.05) is 0 Å². The minimum absolute atomic E-state index is 0.0475. The van der Waals surface area contributed by atoms with Crippen LogP contribution in [0.4, 0.5) is 5.69 Å². The molecule has 0 radical (unpaired) electrons. The molecule has 2 aromatic carbocycles. The highest BCUT2D eigenvalue weighted by Crippen LogP contribution is 2.22. The monoisotopic (exact) mass is 354 g/mol. The minimum Gasteiger partial charge on any atom is -0.321 e. The number of carbonyl (C=O) groups is 1. The Labute approximate surface area is 139 Å². The highest BCUT2D eigenvalue weighted by molar-refractivity contribution is 7.89. The molecule has 0 fully saturated rings. The third kappa shape index (κ3) is 3.89. The Morgan fingerprint density at radius 3 is 2.52 bits per heavy atom. The van der Waals surface area contributed by atoms with Crippen LogP contribution < -0.4 is 5.32 Å². The lowest BCUT2D eigenvalue weighted by atomic mass is 10.2. The van der Waals surface area contributed by atoms with E-state index in [4.69, 9.17) is 16.4 Å². The van der Waals surface area contributed by atoms with Gasteiger partial charge in [-0.05, 0) is 30.3 Å². The number of nitrogens with one attached hydrogen (secondary N) is 1. The molecule has 0 aliphatic carbocycles. The number of anilines is 1. The van der Waals surface area contributed by atoms with Crippen molar-refractivity contribution < 1.29 is 18.0 Å². The van der Waals surface area contributed by atoms with Crippen LogP contribution in [0, 0.1) is 0 Å². The first-order chi connectivity index (χ1) is 10.9. The molecule has 6 nitrogen and oxygen atoms in total. The number of amides is 1. The van der Waals surface area contributed by atoms with Crippen molar-refractivity contribution in [1.82, 2.24) is 4.47 Å². The second-order valence-electron chi connectivity index (χ2n) is 4.56. The van der Waals surface area contributed by atoms with Gasteiger partial charge in [0.15, 0.2) is 0 Å². The topological polar surface area (TPSA) is 75.7 Å². The van der Waals surface area contributed by atoms with E-state index in [0.29, 0.717) is 10.7 Å². The van der Waals surface area contributed by atoms with Gasteiger partial charge in [-0.15, -0.1) is 0 Å². The molecule has 122 valence electrons. The molecular formula is C15H15ClN2O4S. The van der Waals surface area contributed by atoms with Gasteiger partial charge in [-0.2, -0.15) is 0 Å². The number of para-hydroxylation sites is 1. The predicted molar refractivity (Wildman–Crippen MR) is 87.8 cm³/mol. The Kier molecular flexibility index (Phi) is 5.38. The number of rotatable bonds is 5. The maximum absolute atomic E-state index is 12.3. The zero-order chi connectivity index (χ0) is 17.0. The van der Waals surface area contributed by atoms with E-state index < -0.39 is 15.9 Å². The molecule has 0 aliphatic heterocycles. The van der Waals surface area contributed by atoms with E-state index in [-0.39, 0.29) is 10.5 Å². The molecule has 2 rings (SSSR count). The lowest BCUT2D eigenvalue weighted by Crippen LogP contribution is -2.26. The van der Waals surface area contributed by atoms with Gasteiger partial charge in [-0.1, -0.05) is 34.3 Å². The lowest BCUT2D eigenvalue weighted by molar-refractivity contribution is -0.0258. The fourth-order valence-corrected chi connectivity index (χ4v) is 3.00. The summed E-state index contributed by atoms with van der Waals surface area (Å²) in [6.07, 6.45) is 0. The van der Waals surface area contributed by atoms with Crippen LogP contribution in [-0.4, -0.2) is 33.0 Å². The van der Waals surface area contributed by atoms with Crippen molar-refractivity contribution in [3.05, 3.63) is 59.1 Å². The number of sulfonamides is 1. The molecular weight excluding hydrogens is 340 g/mol. The van der Waals surface area contributed by atoms with Gasteiger partial charge in [-0.25, -0.2) is 8.42 Å². The van der Waals surface area contributed by atoms with Crippen molar-refractivity contribution in [2.75, 3.05) is 19.5 Å². The SMILES string of the molecule is CON(C)S(=O)(=O)c1cccc(C(=O)Nc2ccccc2Cl)c1. The van der Waals surface area contributed by atoms with Gasteiger partial charge in [0.1, 0.15) is 0 Å². The maximum Gasteiger partial charge on any atom is 0.264 e. The number of hydrogen-bond acceptors (Lipinski definition) is 4. The Balaban J connectivity index is 2.30. The number of hydroxylamine groups is 1. The summed E-state index contributed by atoms with van der Waals surface area (Å²) in [6, 6.07) is 12.4. The van der Waals surface area contributed by atoms with Crippen LogP contribution in [0.3, 0.4) is 0 Å². The van der Waals surface area contributed by atoms with Gasteiger partial charge in [0.25, 0.3) is 15.9 Å². The zero-order valence-corrected chi connectivity index (χ0v) is 14.1. The van der Waals surface area contributed by atoms with Crippen molar-refractivity contribution in [3.63, 3.8) is 0 Å². The van der Waals surface area contributed by atoms with Gasteiger partial charge < -0.3 is 5.32 Å². The molecule has 1 amide bonds. The van der Waals surface area contributed by atoms with Crippen LogP contribution in [-0.2, 0) is 14.9 Å². The average Bonchev–Trinajstić information content (AvgIpc) is 2.56. The second-order valence-corrected chi connectivity index (χ2v) is 6.90. The van der Waals surface area contributed by atoms with E-state index in [2.05, 4.69) is 5.32 Å². The summed E-state index contributed by atoms with van der Waals surface area (Å²) in [5.74, 6) is -0.463. The molecule has 0 atom stereocenters. The molecule has 0 aromatic heterocycles. The zero-order valence-electron chi connectivity index (χ0n) is 12.5. The third-order valence-electron chi connectivity index (χ3n) is 3.11. The standard InChI is InChI=1S/C15H15ClN2O4S/c1-18(22-2)23(20,21)12-7-5-6-11(10-12)15(19)17-14-9-4-3-8-13(14)16/h3-10H,1-2H3,(H,17,19). The van der Waals surface area contributed by atoms with Gasteiger partial charge >= 0.3 is 0 Å². The number of benzene rings is 2. The minimum atomic E-state index is -3.82. The largest absolute Gasteiger partial charge is 0.321 e. The van der Waals surface area contributed by atoms with Gasteiger partial charge in [0.05, 0.1) is 22.7 Å². The first-order valence-corrected chi connectivity index (χ1v) is 8.37. The fourth-order valence-electron chi connectivity index (χ4n) is 1.80. The van der Waals surface area contributed by atoms with Crippen molar-refractivity contribution in [3.8, 4) is 0 Å². The second kappa shape index (κ2) is 7.10. The van der Waals surface area contributed by atoms with Crippen molar-refractivity contribution in [2.24, 2.45) is 0 Å². The fraction of sp³-hybridized carbons (Fsp3) is 0.133. The number of nitrogens with zero attached hydrogens (tertiary/aromatic N) is 1. The number of carbonyl (C=O) groups excluding carboxylic acids is 1. The van der Waals surface area contributed by atoms with Crippen molar-refractivity contribution >= 4 is 33.2 Å². The van der Waals surface area contributed by atoms with E-state index in [0.717, 1.165) is 4.47 Å². The first kappa shape index (κ1) is 17.4. The van der Waals surface area contributed by atoms with Crippen LogP contribution in [0.1, 0.15) is 10.4 Å². The summed E-state index contributed by atoms with van der Waals surface area (Å²) in [6.45, 7) is 0. The maximum atomic E-state index is 12.3. The Bertz CT molecular complexity index is 824. The Morgan fingerprint density at radius 2 is 1.87 bits per heavy atom. The highest BCUT2D eigenvalue weighted by Gasteiger charge is 2.22. The molecule has 1 N–H and O–H groups in total. The Morgan fingerprint density at radius 1 is 1.17 bits per heavy atom. The van der Waals surface area contributed by atoms with Crippen LogP contribution in [0.5, 0.6) is 0 Å². The summed E-state index contributed by atoms with van der Waals surface area (Å²) in [5.41, 5.74) is 0.636. The van der Waals surface area contributed by atoms with Gasteiger partial charge in [0, 0.05) is 12.6 Å². The molecule has 0 saturated heterocycles. The molecule has 0 aliphatic rings. The van der Waals surface area contributed by atoms with Gasteiger partial charge in [0.2, 0.25) is 0 Å². The van der Waals surface area contributed by atoms with E-state index in [9.17, 15) is 13.2 Å². The Hall–Kier alpha value is -1.93. The van der Waals surface area contributed by atoms with E-state index in [1.165, 1.54) is 38.4 Å². The predicted octanol–water partition coefficient (Wildman–Crippen LogP) is 2.77. The molecule has 2 aromatic rings. The number of hydrogen-bond donors (Lipinski definition) is 1. The molecule has 23 heavy (non-hydrogen) atoms. The molecule has 0 spiro atoms. The highest BCUT2D eigenvalue weighted by atomic mass is 35.5. The van der Waals surface area contributed by atoms with Crippen LogP contribution in [0.25, 0.3) is 0 Å². The van der Waals surface area contributed by atoms with Gasteiger partial charge in [-0.3, -0.25) is 9.63 Å². The summed E-state index contributed by atoms with van der Waals surface area (Å²) >= 11 is 5.99. The van der Waals surface area contributed by atoms with E-state index in [1.54, 1.807) is 24.3 Å². The summed E-state index contributed by atoms with van der Waals surface area (Å²) in [5, 5.41) is 3.03. The summed E-state index contributed by atoms with van der Waals surface area (Å²) in [4.78, 5) is 16.9. The quantitative estimate of drug-likeness (QED) is 0.838. The first-order valence-electron chi connectivity index (χ1n) is 6.55. The molecule has 0 saturated carbocycles. The molecule has 0 unspecified atom stereocenters. The molecule has 8 heteroatoms. The van der Waals surface area contributed by atoms with Crippen LogP contribution in [0.15, 0.2) is 53.4 Å².